The zero-order valence-electron chi connectivity index (χ0n) is 14.8. The molecule has 1 amide bonds. The van der Waals surface area contributed by atoms with E-state index in [9.17, 15) is 4.79 Å². The molecule has 2 aromatic rings. The van der Waals surface area contributed by atoms with Gasteiger partial charge in [-0.3, -0.25) is 14.7 Å². The highest BCUT2D eigenvalue weighted by Crippen LogP contribution is 2.29. The number of benzene rings is 1. The molecule has 5 heteroatoms. The molecule has 1 aliphatic rings. The van der Waals surface area contributed by atoms with Crippen LogP contribution in [-0.4, -0.2) is 60.6 Å². The van der Waals surface area contributed by atoms with Crippen LogP contribution in [0.1, 0.15) is 17.3 Å². The number of hydrogen-bond donors (Lipinski definition) is 0. The molecule has 1 saturated heterocycles. The number of aromatic nitrogens is 1. The number of amides is 1. The van der Waals surface area contributed by atoms with Crippen molar-refractivity contribution in [3.05, 3.63) is 66.0 Å². The van der Waals surface area contributed by atoms with Crippen molar-refractivity contribution in [3.63, 3.8) is 0 Å². The van der Waals surface area contributed by atoms with Gasteiger partial charge in [0, 0.05) is 38.4 Å². The minimum absolute atomic E-state index is 0.0244. The van der Waals surface area contributed by atoms with Crippen LogP contribution in [0, 0.1) is 0 Å². The average Bonchev–Trinajstić information content (AvgIpc) is 2.67. The SMILES string of the molecule is CN(CCc1ccccn1)C(=O)[C@@H]1OCCN(C)[C@H]1c1ccccc1. The molecule has 1 aromatic heterocycles. The summed E-state index contributed by atoms with van der Waals surface area (Å²) in [6, 6.07) is 15.9. The summed E-state index contributed by atoms with van der Waals surface area (Å²) in [7, 11) is 3.89. The minimum Gasteiger partial charge on any atom is -0.365 e. The van der Waals surface area contributed by atoms with Crippen LogP contribution in [0.15, 0.2) is 54.7 Å². The van der Waals surface area contributed by atoms with Gasteiger partial charge in [-0.1, -0.05) is 36.4 Å². The first-order chi connectivity index (χ1) is 12.2. The molecule has 2 atom stereocenters. The van der Waals surface area contributed by atoms with Gasteiger partial charge in [0.1, 0.15) is 0 Å². The molecule has 0 saturated carbocycles. The van der Waals surface area contributed by atoms with Gasteiger partial charge in [-0.2, -0.15) is 0 Å². The highest BCUT2D eigenvalue weighted by molar-refractivity contribution is 5.82. The number of likely N-dealkylation sites (N-methyl/N-ethyl adjacent to an activating group) is 2. The first-order valence-corrected chi connectivity index (χ1v) is 8.68. The van der Waals surface area contributed by atoms with Crippen molar-refractivity contribution < 1.29 is 9.53 Å². The van der Waals surface area contributed by atoms with Crippen LogP contribution in [0.2, 0.25) is 0 Å². The van der Waals surface area contributed by atoms with Crippen molar-refractivity contribution in [2.45, 2.75) is 18.6 Å². The molecule has 0 spiro atoms. The lowest BCUT2D eigenvalue weighted by Crippen LogP contribution is -2.51. The molecule has 25 heavy (non-hydrogen) atoms. The normalized spacial score (nSPS) is 21.0. The van der Waals surface area contributed by atoms with Gasteiger partial charge in [-0.25, -0.2) is 0 Å². The predicted octanol–water partition coefficient (Wildman–Crippen LogP) is 2.15. The Morgan fingerprint density at radius 3 is 2.72 bits per heavy atom. The van der Waals surface area contributed by atoms with Gasteiger partial charge in [0.25, 0.3) is 5.91 Å². The zero-order chi connectivity index (χ0) is 17.6. The molecule has 3 rings (SSSR count). The summed E-state index contributed by atoms with van der Waals surface area (Å²) in [6.07, 6.45) is 2.04. The fourth-order valence-corrected chi connectivity index (χ4v) is 3.23. The second-order valence-corrected chi connectivity index (χ2v) is 6.46. The van der Waals surface area contributed by atoms with Crippen LogP contribution in [-0.2, 0) is 16.0 Å². The topological polar surface area (TPSA) is 45.7 Å². The highest BCUT2D eigenvalue weighted by atomic mass is 16.5. The summed E-state index contributed by atoms with van der Waals surface area (Å²) in [4.78, 5) is 21.3. The van der Waals surface area contributed by atoms with Gasteiger partial charge in [0.05, 0.1) is 12.6 Å². The second-order valence-electron chi connectivity index (χ2n) is 6.46. The molecular formula is C20H25N3O2. The lowest BCUT2D eigenvalue weighted by molar-refractivity contribution is -0.154. The number of nitrogens with zero attached hydrogens (tertiary/aromatic N) is 3. The van der Waals surface area contributed by atoms with E-state index >= 15 is 0 Å². The van der Waals surface area contributed by atoms with E-state index in [4.69, 9.17) is 4.74 Å². The van der Waals surface area contributed by atoms with E-state index in [0.29, 0.717) is 13.2 Å². The first-order valence-electron chi connectivity index (χ1n) is 8.68. The predicted molar refractivity (Wildman–Crippen MR) is 97.1 cm³/mol. The van der Waals surface area contributed by atoms with Gasteiger partial charge >= 0.3 is 0 Å². The van der Waals surface area contributed by atoms with E-state index in [2.05, 4.69) is 22.0 Å². The van der Waals surface area contributed by atoms with E-state index in [0.717, 1.165) is 24.2 Å². The third kappa shape index (κ3) is 4.24. The number of carbonyl (C=O) groups is 1. The smallest absolute Gasteiger partial charge is 0.253 e. The molecule has 1 fully saturated rings. The maximum Gasteiger partial charge on any atom is 0.253 e. The van der Waals surface area contributed by atoms with Crippen molar-refractivity contribution in [2.24, 2.45) is 0 Å². The van der Waals surface area contributed by atoms with E-state index in [-0.39, 0.29) is 11.9 Å². The Kier molecular flexibility index (Phi) is 5.79. The van der Waals surface area contributed by atoms with Crippen LogP contribution in [0.4, 0.5) is 0 Å². The Hall–Kier alpha value is -2.24. The summed E-state index contributed by atoms with van der Waals surface area (Å²) < 4.78 is 5.90. The number of pyridine rings is 1. The van der Waals surface area contributed by atoms with Crippen molar-refractivity contribution in [1.29, 1.82) is 0 Å². The van der Waals surface area contributed by atoms with Crippen LogP contribution in [0.5, 0.6) is 0 Å². The van der Waals surface area contributed by atoms with Gasteiger partial charge in [-0.05, 0) is 24.7 Å². The maximum absolute atomic E-state index is 13.0. The fourth-order valence-electron chi connectivity index (χ4n) is 3.23. The second kappa shape index (κ2) is 8.23. The lowest BCUT2D eigenvalue weighted by Gasteiger charge is -2.39. The molecule has 0 radical (unpaired) electrons. The number of morpholine rings is 1. The van der Waals surface area contributed by atoms with Gasteiger partial charge < -0.3 is 9.64 Å². The third-order valence-corrected chi connectivity index (χ3v) is 4.69. The molecule has 1 aromatic carbocycles. The monoisotopic (exact) mass is 339 g/mol. The summed E-state index contributed by atoms with van der Waals surface area (Å²) in [5, 5.41) is 0. The largest absolute Gasteiger partial charge is 0.365 e. The summed E-state index contributed by atoms with van der Waals surface area (Å²) >= 11 is 0. The fraction of sp³-hybridized carbons (Fsp3) is 0.400. The molecule has 5 nitrogen and oxygen atoms in total. The average molecular weight is 339 g/mol. The standard InChI is InChI=1S/C20H25N3O2/c1-22-14-15-25-19(18(22)16-8-4-3-5-9-16)20(24)23(2)13-11-17-10-6-7-12-21-17/h3-10,12,18-19H,11,13-15H2,1-2H3/t18-,19+/m0/s1. The first kappa shape index (κ1) is 17.6. The van der Waals surface area contributed by atoms with E-state index in [1.807, 2.05) is 50.5 Å². The Balaban J connectivity index is 1.70. The Morgan fingerprint density at radius 2 is 2.00 bits per heavy atom. The van der Waals surface area contributed by atoms with Crippen LogP contribution < -0.4 is 0 Å². The van der Waals surface area contributed by atoms with Gasteiger partial charge in [0.2, 0.25) is 0 Å². The molecule has 0 bridgehead atoms. The van der Waals surface area contributed by atoms with E-state index < -0.39 is 6.10 Å². The minimum atomic E-state index is -0.477. The number of rotatable bonds is 5. The van der Waals surface area contributed by atoms with Crippen molar-refractivity contribution >= 4 is 5.91 Å². The Morgan fingerprint density at radius 1 is 1.24 bits per heavy atom. The maximum atomic E-state index is 13.0. The lowest BCUT2D eigenvalue weighted by atomic mass is 9.97. The van der Waals surface area contributed by atoms with E-state index in [1.165, 1.54) is 0 Å². The van der Waals surface area contributed by atoms with Crippen LogP contribution in [0.3, 0.4) is 0 Å². The quantitative estimate of drug-likeness (QED) is 0.837. The summed E-state index contributed by atoms with van der Waals surface area (Å²) in [5.74, 6) is 0.0244. The number of carbonyl (C=O) groups excluding carboxylic acids is 1. The van der Waals surface area contributed by atoms with Crippen molar-refractivity contribution in [1.82, 2.24) is 14.8 Å². The van der Waals surface area contributed by atoms with Crippen LogP contribution in [0.25, 0.3) is 0 Å². The number of hydrogen-bond acceptors (Lipinski definition) is 4. The molecule has 1 aliphatic heterocycles. The third-order valence-electron chi connectivity index (χ3n) is 4.69. The van der Waals surface area contributed by atoms with Crippen molar-refractivity contribution in [3.8, 4) is 0 Å². The molecule has 132 valence electrons. The van der Waals surface area contributed by atoms with Crippen molar-refractivity contribution in [2.75, 3.05) is 33.8 Å². The summed E-state index contributed by atoms with van der Waals surface area (Å²) in [6.45, 7) is 2.02. The summed E-state index contributed by atoms with van der Waals surface area (Å²) in [5.41, 5.74) is 2.10. The van der Waals surface area contributed by atoms with Gasteiger partial charge in [0.15, 0.2) is 6.10 Å². The number of ether oxygens (including phenoxy) is 1. The molecule has 0 N–H and O–H groups in total. The zero-order valence-corrected chi connectivity index (χ0v) is 14.8. The molecule has 0 unspecified atom stereocenters. The Labute approximate surface area is 149 Å². The van der Waals surface area contributed by atoms with Crippen LogP contribution >= 0.6 is 0 Å². The Bertz CT molecular complexity index is 678. The molecular weight excluding hydrogens is 314 g/mol. The highest BCUT2D eigenvalue weighted by Gasteiger charge is 2.37. The molecule has 2 heterocycles. The molecule has 0 aliphatic carbocycles. The van der Waals surface area contributed by atoms with Gasteiger partial charge in [-0.15, -0.1) is 0 Å². The van der Waals surface area contributed by atoms with E-state index in [1.54, 1.807) is 11.1 Å².